The predicted octanol–water partition coefficient (Wildman–Crippen LogP) is 4.51. The van der Waals surface area contributed by atoms with E-state index in [0.717, 1.165) is 4.47 Å². The average Bonchev–Trinajstić information content (AvgIpc) is 2.37. The van der Waals surface area contributed by atoms with Crippen LogP contribution in [0.3, 0.4) is 0 Å². The molecular formula is C8H5Br3ClNO2. The summed E-state index contributed by atoms with van der Waals surface area (Å²) in [6.45, 7) is 3.40. The third kappa shape index (κ3) is 3.34. The van der Waals surface area contributed by atoms with Crippen LogP contribution in [-0.2, 0) is 4.74 Å². The van der Waals surface area contributed by atoms with Crippen molar-refractivity contribution in [2.75, 3.05) is 6.61 Å². The Labute approximate surface area is 117 Å². The molecule has 0 aliphatic rings. The molecule has 0 amide bonds. The van der Waals surface area contributed by atoms with Crippen molar-refractivity contribution in [3.63, 3.8) is 0 Å². The van der Waals surface area contributed by atoms with Crippen molar-refractivity contribution in [3.8, 4) is 0 Å². The molecule has 0 unspecified atom stereocenters. The first-order valence-corrected chi connectivity index (χ1v) is 6.42. The van der Waals surface area contributed by atoms with Gasteiger partial charge in [0.05, 0.1) is 9.08 Å². The SMILES string of the molecule is C=C(Cl)COC(=O)n1c(Br)cc(Br)c1Br. The first-order valence-electron chi connectivity index (χ1n) is 3.66. The second kappa shape index (κ2) is 5.52. The van der Waals surface area contributed by atoms with E-state index in [0.29, 0.717) is 9.21 Å². The number of aromatic nitrogens is 1. The van der Waals surface area contributed by atoms with Crippen molar-refractivity contribution in [1.82, 2.24) is 4.57 Å². The number of nitrogens with zero attached hydrogens (tertiary/aromatic N) is 1. The van der Waals surface area contributed by atoms with E-state index in [4.69, 9.17) is 16.3 Å². The van der Waals surface area contributed by atoms with Gasteiger partial charge in [-0.2, -0.15) is 0 Å². The van der Waals surface area contributed by atoms with Crippen LogP contribution in [0, 0.1) is 0 Å². The highest BCUT2D eigenvalue weighted by Crippen LogP contribution is 2.30. The number of halogens is 4. The lowest BCUT2D eigenvalue weighted by molar-refractivity contribution is 0.158. The fourth-order valence-corrected chi connectivity index (χ4v) is 2.80. The third-order valence-electron chi connectivity index (χ3n) is 1.39. The Hall–Kier alpha value is 0.220. The Morgan fingerprint density at radius 2 is 2.13 bits per heavy atom. The van der Waals surface area contributed by atoms with Crippen molar-refractivity contribution in [2.45, 2.75) is 0 Å². The van der Waals surface area contributed by atoms with Crippen LogP contribution < -0.4 is 0 Å². The van der Waals surface area contributed by atoms with Crippen LogP contribution in [0.15, 0.2) is 31.4 Å². The zero-order chi connectivity index (χ0) is 11.6. The van der Waals surface area contributed by atoms with E-state index in [2.05, 4.69) is 54.4 Å². The number of ether oxygens (including phenoxy) is 1. The molecule has 0 spiro atoms. The summed E-state index contributed by atoms with van der Waals surface area (Å²) < 4.78 is 8.08. The molecule has 0 radical (unpaired) electrons. The van der Waals surface area contributed by atoms with Gasteiger partial charge in [-0.3, -0.25) is 0 Å². The minimum atomic E-state index is -0.541. The fraction of sp³-hybridized carbons (Fsp3) is 0.125. The van der Waals surface area contributed by atoms with Gasteiger partial charge in [-0.1, -0.05) is 18.2 Å². The molecule has 0 atom stereocenters. The fourth-order valence-electron chi connectivity index (χ4n) is 0.801. The van der Waals surface area contributed by atoms with Crippen LogP contribution >= 0.6 is 59.4 Å². The maximum Gasteiger partial charge on any atom is 0.420 e. The molecule has 3 nitrogen and oxygen atoms in total. The third-order valence-corrected chi connectivity index (χ3v) is 4.00. The van der Waals surface area contributed by atoms with E-state index in [1.807, 2.05) is 0 Å². The summed E-state index contributed by atoms with van der Waals surface area (Å²) in [7, 11) is 0. The highest BCUT2D eigenvalue weighted by atomic mass is 79.9. The second-order valence-corrected chi connectivity index (χ2v) is 5.47. The van der Waals surface area contributed by atoms with Gasteiger partial charge in [0.1, 0.15) is 11.2 Å². The van der Waals surface area contributed by atoms with Gasteiger partial charge in [-0.25, -0.2) is 9.36 Å². The summed E-state index contributed by atoms with van der Waals surface area (Å²) in [4.78, 5) is 11.6. The molecular weight excluding hydrogens is 417 g/mol. The molecule has 1 heterocycles. The maximum atomic E-state index is 11.6. The second-order valence-electron chi connectivity index (χ2n) is 2.51. The molecule has 15 heavy (non-hydrogen) atoms. The molecule has 1 rings (SSSR count). The van der Waals surface area contributed by atoms with Gasteiger partial charge in [0.15, 0.2) is 0 Å². The first-order chi connectivity index (χ1) is 6.93. The molecule has 0 N–H and O–H groups in total. The smallest absolute Gasteiger partial charge is 0.420 e. The van der Waals surface area contributed by atoms with E-state index >= 15 is 0 Å². The van der Waals surface area contributed by atoms with Gasteiger partial charge in [-0.05, 0) is 53.9 Å². The van der Waals surface area contributed by atoms with Crippen molar-refractivity contribution < 1.29 is 9.53 Å². The summed E-state index contributed by atoms with van der Waals surface area (Å²) in [6, 6.07) is 1.72. The number of rotatable bonds is 2. The van der Waals surface area contributed by atoms with E-state index in [1.54, 1.807) is 6.07 Å². The van der Waals surface area contributed by atoms with Gasteiger partial charge in [-0.15, -0.1) is 0 Å². The van der Waals surface area contributed by atoms with Gasteiger partial charge in [0, 0.05) is 5.03 Å². The van der Waals surface area contributed by atoms with E-state index < -0.39 is 6.09 Å². The van der Waals surface area contributed by atoms with Crippen LogP contribution in [0.2, 0.25) is 0 Å². The van der Waals surface area contributed by atoms with Crippen molar-refractivity contribution in [3.05, 3.63) is 31.4 Å². The zero-order valence-electron chi connectivity index (χ0n) is 7.27. The number of carbonyl (C=O) groups is 1. The quantitative estimate of drug-likeness (QED) is 0.702. The average molecular weight is 422 g/mol. The first kappa shape index (κ1) is 13.3. The minimum absolute atomic E-state index is 0.0188. The summed E-state index contributed by atoms with van der Waals surface area (Å²) in [6.07, 6.45) is -0.541. The Morgan fingerprint density at radius 3 is 2.53 bits per heavy atom. The Morgan fingerprint density at radius 1 is 1.53 bits per heavy atom. The van der Waals surface area contributed by atoms with Gasteiger partial charge < -0.3 is 4.74 Å². The van der Waals surface area contributed by atoms with Crippen LogP contribution in [0.25, 0.3) is 0 Å². The molecule has 1 aromatic rings. The standard InChI is InChI=1S/C8H5Br3ClNO2/c1-4(12)3-15-8(14)13-6(10)2-5(9)7(13)11/h2H,1,3H2. The Bertz CT molecular complexity index is 416. The van der Waals surface area contributed by atoms with E-state index in [1.165, 1.54) is 4.57 Å². The molecule has 0 aliphatic heterocycles. The minimum Gasteiger partial charge on any atom is -0.443 e. The number of carbonyl (C=O) groups excluding carboxylic acids is 1. The van der Waals surface area contributed by atoms with E-state index in [-0.39, 0.29) is 11.6 Å². The normalized spacial score (nSPS) is 10.1. The molecule has 1 aromatic heterocycles. The zero-order valence-corrected chi connectivity index (χ0v) is 12.8. The largest absolute Gasteiger partial charge is 0.443 e. The number of hydrogen-bond acceptors (Lipinski definition) is 2. The lowest BCUT2D eigenvalue weighted by Gasteiger charge is -2.06. The molecule has 0 saturated carbocycles. The lowest BCUT2D eigenvalue weighted by Crippen LogP contribution is -2.14. The van der Waals surface area contributed by atoms with Gasteiger partial charge in [0.2, 0.25) is 0 Å². The number of hydrogen-bond donors (Lipinski definition) is 0. The van der Waals surface area contributed by atoms with Crippen LogP contribution in [0.5, 0.6) is 0 Å². The summed E-state index contributed by atoms with van der Waals surface area (Å²) in [5.41, 5.74) is 0. The Balaban J connectivity index is 2.86. The maximum absolute atomic E-state index is 11.6. The van der Waals surface area contributed by atoms with Gasteiger partial charge >= 0.3 is 6.09 Å². The van der Waals surface area contributed by atoms with Crippen molar-refractivity contribution in [2.24, 2.45) is 0 Å². The van der Waals surface area contributed by atoms with Crippen LogP contribution in [-0.4, -0.2) is 17.3 Å². The molecule has 0 bridgehead atoms. The predicted molar refractivity (Wildman–Crippen MR) is 69.3 cm³/mol. The summed E-state index contributed by atoms with van der Waals surface area (Å²) in [5.74, 6) is 0. The van der Waals surface area contributed by atoms with Gasteiger partial charge in [0.25, 0.3) is 0 Å². The molecule has 82 valence electrons. The molecule has 0 aliphatic carbocycles. The highest BCUT2D eigenvalue weighted by Gasteiger charge is 2.17. The molecule has 0 saturated heterocycles. The highest BCUT2D eigenvalue weighted by molar-refractivity contribution is 9.13. The molecule has 7 heteroatoms. The summed E-state index contributed by atoms with van der Waals surface area (Å²) in [5, 5.41) is 0.266. The monoisotopic (exact) mass is 419 g/mol. The molecule has 0 aromatic carbocycles. The van der Waals surface area contributed by atoms with Crippen LogP contribution in [0.1, 0.15) is 0 Å². The van der Waals surface area contributed by atoms with E-state index in [9.17, 15) is 4.79 Å². The summed E-state index contributed by atoms with van der Waals surface area (Å²) >= 11 is 15.2. The lowest BCUT2D eigenvalue weighted by atomic mass is 10.7. The molecule has 0 fully saturated rings. The van der Waals surface area contributed by atoms with Crippen molar-refractivity contribution >= 4 is 65.5 Å². The topological polar surface area (TPSA) is 31.2 Å². The van der Waals surface area contributed by atoms with Crippen LogP contribution in [0.4, 0.5) is 4.79 Å². The van der Waals surface area contributed by atoms with Crippen molar-refractivity contribution in [1.29, 1.82) is 0 Å². The Kier molecular flexibility index (Phi) is 4.89.